The summed E-state index contributed by atoms with van der Waals surface area (Å²) < 4.78 is 3.61. The highest BCUT2D eigenvalue weighted by Crippen LogP contribution is 2.18. The molecule has 2 heterocycles. The van der Waals surface area contributed by atoms with Gasteiger partial charge in [0, 0.05) is 16.7 Å². The third-order valence-corrected chi connectivity index (χ3v) is 3.63. The molecule has 0 bridgehead atoms. The average Bonchev–Trinajstić information content (AvgIpc) is 2.89. The monoisotopic (exact) mass is 348 g/mol. The van der Waals surface area contributed by atoms with Gasteiger partial charge in [-0.15, -0.1) is 0 Å². The summed E-state index contributed by atoms with van der Waals surface area (Å²) in [5.41, 5.74) is 0.967. The Kier molecular flexibility index (Phi) is 3.38. The summed E-state index contributed by atoms with van der Waals surface area (Å²) in [7, 11) is 0. The molecule has 1 aromatic carbocycles. The minimum Gasteiger partial charge on any atom is -0.333 e. The molecule has 3 N–H and O–H groups in total. The van der Waals surface area contributed by atoms with Crippen LogP contribution in [0.25, 0.3) is 11.0 Å². The number of benzene rings is 1. The van der Waals surface area contributed by atoms with Gasteiger partial charge in [0.05, 0.1) is 6.20 Å². The minimum absolute atomic E-state index is 0.269. The van der Waals surface area contributed by atoms with E-state index in [1.807, 2.05) is 31.2 Å². The van der Waals surface area contributed by atoms with Gasteiger partial charge in [-0.3, -0.25) is 4.79 Å². The molecule has 3 rings (SSSR count). The number of aromatic nitrogens is 4. The Morgan fingerprint density at radius 3 is 2.71 bits per heavy atom. The summed E-state index contributed by atoms with van der Waals surface area (Å²) in [6.07, 6.45) is 1.49. The highest BCUT2D eigenvalue weighted by molar-refractivity contribution is 9.10. The number of aryl methyl sites for hydroxylation is 1. The summed E-state index contributed by atoms with van der Waals surface area (Å²) >= 11 is 3.37. The zero-order valence-corrected chi connectivity index (χ0v) is 12.8. The van der Waals surface area contributed by atoms with E-state index in [0.29, 0.717) is 17.6 Å². The van der Waals surface area contributed by atoms with Crippen molar-refractivity contribution in [2.75, 3.05) is 11.2 Å². The number of hydrogen-bond acceptors (Lipinski definition) is 5. The Bertz CT molecular complexity index is 851. The highest BCUT2D eigenvalue weighted by atomic mass is 79.9. The van der Waals surface area contributed by atoms with Gasteiger partial charge in [-0.05, 0) is 31.2 Å². The van der Waals surface area contributed by atoms with E-state index in [0.717, 1.165) is 14.8 Å². The van der Waals surface area contributed by atoms with Crippen molar-refractivity contribution in [1.29, 1.82) is 0 Å². The molecule has 0 aliphatic carbocycles. The maximum Gasteiger partial charge on any atom is 0.284 e. The molecule has 7 nitrogen and oxygen atoms in total. The van der Waals surface area contributed by atoms with Crippen LogP contribution < -0.4 is 16.7 Å². The third-order valence-electron chi connectivity index (χ3n) is 3.10. The lowest BCUT2D eigenvalue weighted by molar-refractivity contribution is 0.675. The summed E-state index contributed by atoms with van der Waals surface area (Å²) in [5, 5.41) is 7.57. The van der Waals surface area contributed by atoms with Crippen molar-refractivity contribution in [3.05, 3.63) is 45.3 Å². The molecule has 108 valence electrons. The van der Waals surface area contributed by atoms with E-state index >= 15 is 0 Å². The second-order valence-corrected chi connectivity index (χ2v) is 5.36. The van der Waals surface area contributed by atoms with Crippen LogP contribution in [0, 0.1) is 0 Å². The molecule has 0 aliphatic rings. The largest absolute Gasteiger partial charge is 0.333 e. The molecule has 0 saturated carbocycles. The molecule has 0 unspecified atom stereocenters. The van der Waals surface area contributed by atoms with Crippen LogP contribution in [0.3, 0.4) is 0 Å². The van der Waals surface area contributed by atoms with Crippen LogP contribution >= 0.6 is 15.9 Å². The van der Waals surface area contributed by atoms with Crippen LogP contribution in [0.15, 0.2) is 39.7 Å². The first-order chi connectivity index (χ1) is 10.1. The van der Waals surface area contributed by atoms with Crippen molar-refractivity contribution in [2.45, 2.75) is 13.5 Å². The van der Waals surface area contributed by atoms with Crippen LogP contribution in [-0.4, -0.2) is 19.4 Å². The number of nitrogen functional groups attached to an aromatic ring is 1. The number of hydrogen-bond donors (Lipinski definition) is 2. The van der Waals surface area contributed by atoms with Gasteiger partial charge in [0.2, 0.25) is 5.95 Å². The van der Waals surface area contributed by atoms with Gasteiger partial charge in [-0.2, -0.15) is 14.8 Å². The van der Waals surface area contributed by atoms with Crippen LogP contribution in [0.4, 0.5) is 11.6 Å². The van der Waals surface area contributed by atoms with Crippen LogP contribution in [0.5, 0.6) is 0 Å². The highest BCUT2D eigenvalue weighted by Gasteiger charge is 2.13. The van der Waals surface area contributed by atoms with Crippen molar-refractivity contribution in [3.63, 3.8) is 0 Å². The Morgan fingerprint density at radius 1 is 1.33 bits per heavy atom. The van der Waals surface area contributed by atoms with E-state index < -0.39 is 0 Å². The molecular weight excluding hydrogens is 336 g/mol. The second kappa shape index (κ2) is 5.21. The zero-order valence-electron chi connectivity index (χ0n) is 11.2. The van der Waals surface area contributed by atoms with Gasteiger partial charge < -0.3 is 11.2 Å². The molecule has 2 aromatic heterocycles. The lowest BCUT2D eigenvalue weighted by Crippen LogP contribution is -2.30. The number of nitrogens with two attached hydrogens (primary N) is 1. The number of anilines is 2. The molecular formula is C13H13BrN6O. The fourth-order valence-electron chi connectivity index (χ4n) is 2.01. The predicted molar refractivity (Wildman–Crippen MR) is 85.0 cm³/mol. The molecule has 0 amide bonds. The third kappa shape index (κ3) is 2.38. The topological polar surface area (TPSA) is 90.8 Å². The first-order valence-corrected chi connectivity index (χ1v) is 7.15. The lowest BCUT2D eigenvalue weighted by Gasteiger charge is -2.10. The molecule has 0 atom stereocenters. The zero-order chi connectivity index (χ0) is 15.0. The number of halogens is 1. The van der Waals surface area contributed by atoms with Gasteiger partial charge >= 0.3 is 0 Å². The number of rotatable bonds is 3. The van der Waals surface area contributed by atoms with Gasteiger partial charge in [-0.1, -0.05) is 15.9 Å². The molecule has 21 heavy (non-hydrogen) atoms. The van der Waals surface area contributed by atoms with E-state index in [1.165, 1.54) is 6.20 Å². The summed E-state index contributed by atoms with van der Waals surface area (Å²) in [4.78, 5) is 16.6. The fraction of sp³-hybridized carbons (Fsp3) is 0.154. The quantitative estimate of drug-likeness (QED) is 0.704. The van der Waals surface area contributed by atoms with Gasteiger partial charge in [0.25, 0.3) is 5.56 Å². The summed E-state index contributed by atoms with van der Waals surface area (Å²) in [5.74, 6) is 6.08. The lowest BCUT2D eigenvalue weighted by atomic mass is 10.3. The number of fused-ring (bicyclic) bond motifs is 1. The fourth-order valence-corrected chi connectivity index (χ4v) is 2.27. The number of nitrogens with one attached hydrogen (secondary N) is 1. The van der Waals surface area contributed by atoms with Crippen molar-refractivity contribution >= 4 is 38.6 Å². The Labute approximate surface area is 128 Å². The van der Waals surface area contributed by atoms with E-state index in [9.17, 15) is 4.79 Å². The van der Waals surface area contributed by atoms with Crippen LogP contribution in [-0.2, 0) is 6.54 Å². The molecule has 0 saturated heterocycles. The van der Waals surface area contributed by atoms with E-state index in [1.54, 1.807) is 4.68 Å². The van der Waals surface area contributed by atoms with E-state index in [2.05, 4.69) is 31.3 Å². The van der Waals surface area contributed by atoms with Crippen LogP contribution in [0.2, 0.25) is 0 Å². The van der Waals surface area contributed by atoms with Crippen molar-refractivity contribution < 1.29 is 0 Å². The average molecular weight is 349 g/mol. The standard InChI is InChI=1S/C13H13BrN6O/c1-2-19-11-10(7-16-19)12(21)20(15)13(18-11)17-9-5-3-8(14)4-6-9/h3-7H,2,15H2,1H3,(H,17,18). The van der Waals surface area contributed by atoms with E-state index in [4.69, 9.17) is 5.84 Å². The molecule has 0 spiro atoms. The maximum atomic E-state index is 12.2. The summed E-state index contributed by atoms with van der Waals surface area (Å²) in [6.45, 7) is 2.56. The SMILES string of the molecule is CCn1ncc2c(=O)n(N)c(Nc3ccc(Br)cc3)nc21. The van der Waals surface area contributed by atoms with Gasteiger partial charge in [0.15, 0.2) is 5.65 Å². The minimum atomic E-state index is -0.334. The molecule has 3 aromatic rings. The van der Waals surface area contributed by atoms with Gasteiger partial charge in [0.1, 0.15) is 5.39 Å². The first kappa shape index (κ1) is 13.6. The Morgan fingerprint density at radius 2 is 2.05 bits per heavy atom. The smallest absolute Gasteiger partial charge is 0.284 e. The molecule has 0 fully saturated rings. The second-order valence-electron chi connectivity index (χ2n) is 4.44. The van der Waals surface area contributed by atoms with Crippen LogP contribution in [0.1, 0.15) is 6.92 Å². The van der Waals surface area contributed by atoms with Crippen molar-refractivity contribution in [1.82, 2.24) is 19.4 Å². The molecule has 0 radical (unpaired) electrons. The maximum absolute atomic E-state index is 12.2. The van der Waals surface area contributed by atoms with Gasteiger partial charge in [-0.25, -0.2) is 4.68 Å². The Hall–Kier alpha value is -2.35. The predicted octanol–water partition coefficient (Wildman–Crippen LogP) is 1.83. The molecule has 8 heteroatoms. The van der Waals surface area contributed by atoms with Crippen molar-refractivity contribution in [2.24, 2.45) is 0 Å². The number of nitrogens with zero attached hydrogens (tertiary/aromatic N) is 4. The Balaban J connectivity index is 2.11. The molecule has 0 aliphatic heterocycles. The first-order valence-electron chi connectivity index (χ1n) is 6.36. The van der Waals surface area contributed by atoms with E-state index in [-0.39, 0.29) is 11.5 Å². The normalized spacial score (nSPS) is 11.0. The van der Waals surface area contributed by atoms with Crippen molar-refractivity contribution in [3.8, 4) is 0 Å². The summed E-state index contributed by atoms with van der Waals surface area (Å²) in [6, 6.07) is 7.49.